The molecule has 0 aliphatic carbocycles. The number of benzene rings is 2. The maximum atomic E-state index is 12.9. The van der Waals surface area contributed by atoms with Crippen LogP contribution in [-0.2, 0) is 10.0 Å². The van der Waals surface area contributed by atoms with Gasteiger partial charge >= 0.3 is 0 Å². The van der Waals surface area contributed by atoms with Gasteiger partial charge in [0.15, 0.2) is 0 Å². The molecule has 0 heterocycles. The van der Waals surface area contributed by atoms with Crippen LogP contribution >= 0.6 is 11.6 Å². The maximum Gasteiger partial charge on any atom is 0.267 e. The Bertz CT molecular complexity index is 747. The molecule has 0 bridgehead atoms. The molecule has 0 saturated heterocycles. The highest BCUT2D eigenvalue weighted by atomic mass is 35.5. The second kappa shape index (κ2) is 5.91. The van der Waals surface area contributed by atoms with Gasteiger partial charge in [0.1, 0.15) is 16.5 Å². The van der Waals surface area contributed by atoms with E-state index in [0.29, 0.717) is 5.69 Å². The lowest BCUT2D eigenvalue weighted by atomic mass is 10.3. The van der Waals surface area contributed by atoms with Crippen molar-refractivity contribution in [3.05, 3.63) is 53.3 Å². The van der Waals surface area contributed by atoms with E-state index in [0.717, 1.165) is 4.31 Å². The van der Waals surface area contributed by atoms with Crippen molar-refractivity contribution >= 4 is 27.3 Å². The molecule has 7 heteroatoms. The Kier molecular flexibility index (Phi) is 4.39. The summed E-state index contributed by atoms with van der Waals surface area (Å²) in [6.45, 7) is 0. The Morgan fingerprint density at radius 2 is 1.76 bits per heavy atom. The minimum absolute atomic E-state index is 0.0516. The first kappa shape index (κ1) is 15.6. The van der Waals surface area contributed by atoms with Crippen LogP contribution in [0.15, 0.2) is 47.4 Å². The number of sulfonamides is 1. The second-order valence-corrected chi connectivity index (χ2v) is 6.62. The molecule has 0 unspecified atom stereocenters. The number of halogens is 2. The van der Waals surface area contributed by atoms with Gasteiger partial charge in [0.05, 0.1) is 12.8 Å². The van der Waals surface area contributed by atoms with Crippen LogP contribution in [0.3, 0.4) is 0 Å². The molecule has 0 fully saturated rings. The molecular formula is C14H13ClFNO3S. The topological polar surface area (TPSA) is 46.6 Å². The highest BCUT2D eigenvalue weighted by molar-refractivity contribution is 7.93. The van der Waals surface area contributed by atoms with Crippen molar-refractivity contribution in [3.63, 3.8) is 0 Å². The van der Waals surface area contributed by atoms with E-state index in [1.165, 1.54) is 56.6 Å². The summed E-state index contributed by atoms with van der Waals surface area (Å²) in [7, 11) is -1.12. The van der Waals surface area contributed by atoms with Gasteiger partial charge in [-0.15, -0.1) is 0 Å². The van der Waals surface area contributed by atoms with Crippen LogP contribution in [0.5, 0.6) is 5.75 Å². The predicted molar refractivity (Wildman–Crippen MR) is 80.0 cm³/mol. The number of hydrogen-bond acceptors (Lipinski definition) is 3. The van der Waals surface area contributed by atoms with E-state index in [1.807, 2.05) is 0 Å². The molecule has 2 rings (SSSR count). The molecule has 0 aliphatic heterocycles. The SMILES string of the molecule is COc1ccc(Cl)cc1S(=O)(=O)N(C)c1ccc(F)cc1. The maximum absolute atomic E-state index is 12.9. The molecule has 2 aromatic carbocycles. The van der Waals surface area contributed by atoms with E-state index in [-0.39, 0.29) is 15.7 Å². The first-order valence-electron chi connectivity index (χ1n) is 5.94. The summed E-state index contributed by atoms with van der Waals surface area (Å²) < 4.78 is 44.3. The van der Waals surface area contributed by atoms with Crippen LogP contribution < -0.4 is 9.04 Å². The molecular weight excluding hydrogens is 317 g/mol. The molecule has 112 valence electrons. The molecule has 0 saturated carbocycles. The van der Waals surface area contributed by atoms with Gasteiger partial charge in [0.25, 0.3) is 10.0 Å². The molecule has 0 aliphatic rings. The number of ether oxygens (including phenoxy) is 1. The van der Waals surface area contributed by atoms with Crippen molar-refractivity contribution in [2.75, 3.05) is 18.5 Å². The summed E-state index contributed by atoms with van der Waals surface area (Å²) >= 11 is 5.86. The summed E-state index contributed by atoms with van der Waals surface area (Å²) in [6, 6.07) is 9.47. The van der Waals surface area contributed by atoms with Gasteiger partial charge in [-0.1, -0.05) is 11.6 Å². The minimum atomic E-state index is -3.87. The third kappa shape index (κ3) is 3.11. The first-order chi connectivity index (χ1) is 9.86. The largest absolute Gasteiger partial charge is 0.495 e. The Balaban J connectivity index is 2.51. The minimum Gasteiger partial charge on any atom is -0.495 e. The standard InChI is InChI=1S/C14H13ClFNO3S/c1-17(12-6-4-11(16)5-7-12)21(18,19)14-9-10(15)3-8-13(14)20-2/h3-9H,1-2H3. The van der Waals surface area contributed by atoms with Gasteiger partial charge < -0.3 is 4.74 Å². The van der Waals surface area contributed by atoms with E-state index in [4.69, 9.17) is 16.3 Å². The molecule has 4 nitrogen and oxygen atoms in total. The number of hydrogen-bond donors (Lipinski definition) is 0. The van der Waals surface area contributed by atoms with E-state index >= 15 is 0 Å². The Morgan fingerprint density at radius 3 is 2.33 bits per heavy atom. The van der Waals surface area contributed by atoms with Crippen molar-refractivity contribution in [2.24, 2.45) is 0 Å². The van der Waals surface area contributed by atoms with E-state index in [9.17, 15) is 12.8 Å². The Hall–Kier alpha value is -1.79. The zero-order chi connectivity index (χ0) is 15.6. The van der Waals surface area contributed by atoms with Crippen molar-refractivity contribution in [1.82, 2.24) is 0 Å². The summed E-state index contributed by atoms with van der Waals surface area (Å²) in [4.78, 5) is -0.0516. The van der Waals surface area contributed by atoms with Crippen molar-refractivity contribution in [1.29, 1.82) is 0 Å². The quantitative estimate of drug-likeness (QED) is 0.864. The van der Waals surface area contributed by atoms with Gasteiger partial charge in [-0.2, -0.15) is 0 Å². The van der Waals surface area contributed by atoms with Gasteiger partial charge in [-0.25, -0.2) is 12.8 Å². The zero-order valence-electron chi connectivity index (χ0n) is 11.4. The summed E-state index contributed by atoms with van der Waals surface area (Å²) in [5.74, 6) is -0.252. The fraction of sp³-hybridized carbons (Fsp3) is 0.143. The molecule has 0 amide bonds. The molecule has 0 N–H and O–H groups in total. The second-order valence-electron chi connectivity index (χ2n) is 4.24. The lowest BCUT2D eigenvalue weighted by Crippen LogP contribution is -2.27. The number of rotatable bonds is 4. The van der Waals surface area contributed by atoms with E-state index in [1.54, 1.807) is 0 Å². The average Bonchev–Trinajstić information content (AvgIpc) is 2.47. The van der Waals surface area contributed by atoms with Crippen molar-refractivity contribution < 1.29 is 17.5 Å². The van der Waals surface area contributed by atoms with Gasteiger partial charge in [-0.05, 0) is 42.5 Å². The van der Waals surface area contributed by atoms with Gasteiger partial charge in [0.2, 0.25) is 0 Å². The fourth-order valence-electron chi connectivity index (χ4n) is 1.79. The smallest absolute Gasteiger partial charge is 0.267 e. The predicted octanol–water partition coefficient (Wildman–Crippen LogP) is 3.31. The number of methoxy groups -OCH3 is 1. The van der Waals surface area contributed by atoms with Crippen LogP contribution in [0.1, 0.15) is 0 Å². The summed E-state index contributed by atoms with van der Waals surface area (Å²) in [6.07, 6.45) is 0. The van der Waals surface area contributed by atoms with Crippen molar-refractivity contribution in [3.8, 4) is 5.75 Å². The average molecular weight is 330 g/mol. The molecule has 2 aromatic rings. The number of anilines is 1. The van der Waals surface area contributed by atoms with E-state index < -0.39 is 15.8 Å². The van der Waals surface area contributed by atoms with Gasteiger partial charge in [-0.3, -0.25) is 4.31 Å². The Labute approximate surface area is 127 Å². The first-order valence-corrected chi connectivity index (χ1v) is 7.76. The van der Waals surface area contributed by atoms with Crippen LogP contribution in [0.4, 0.5) is 10.1 Å². The lowest BCUT2D eigenvalue weighted by Gasteiger charge is -2.21. The van der Waals surface area contributed by atoms with Crippen LogP contribution in [0.25, 0.3) is 0 Å². The molecule has 21 heavy (non-hydrogen) atoms. The van der Waals surface area contributed by atoms with Crippen molar-refractivity contribution in [2.45, 2.75) is 4.90 Å². The van der Waals surface area contributed by atoms with E-state index in [2.05, 4.69) is 0 Å². The fourth-order valence-corrected chi connectivity index (χ4v) is 3.40. The zero-order valence-corrected chi connectivity index (χ0v) is 13.0. The lowest BCUT2D eigenvalue weighted by molar-refractivity contribution is 0.402. The van der Waals surface area contributed by atoms with Crippen LogP contribution in [0, 0.1) is 5.82 Å². The molecule has 0 aromatic heterocycles. The molecule has 0 radical (unpaired) electrons. The highest BCUT2D eigenvalue weighted by Crippen LogP contribution is 2.31. The van der Waals surface area contributed by atoms with Gasteiger partial charge in [0, 0.05) is 12.1 Å². The van der Waals surface area contributed by atoms with Crippen LogP contribution in [-0.4, -0.2) is 22.6 Å². The Morgan fingerprint density at radius 1 is 1.14 bits per heavy atom. The monoisotopic (exact) mass is 329 g/mol. The third-order valence-electron chi connectivity index (χ3n) is 2.95. The third-order valence-corrected chi connectivity index (χ3v) is 5.00. The highest BCUT2D eigenvalue weighted by Gasteiger charge is 2.25. The van der Waals surface area contributed by atoms with Crippen LogP contribution in [0.2, 0.25) is 5.02 Å². The molecule has 0 atom stereocenters. The number of nitrogens with zero attached hydrogens (tertiary/aromatic N) is 1. The molecule has 0 spiro atoms. The normalized spacial score (nSPS) is 11.2. The summed E-state index contributed by atoms with van der Waals surface area (Å²) in [5, 5.41) is 0.280. The summed E-state index contributed by atoms with van der Waals surface area (Å²) in [5.41, 5.74) is 0.332.